The second kappa shape index (κ2) is 5.91. The molecule has 0 radical (unpaired) electrons. The van der Waals surface area contributed by atoms with E-state index < -0.39 is 17.8 Å². The minimum absolute atomic E-state index is 0.0228. The lowest BCUT2D eigenvalue weighted by atomic mass is 9.87. The number of amides is 1. The largest absolute Gasteiger partial charge is 0.468 e. The number of carbonyl (C=O) groups excluding carboxylic acids is 3. The number of anilines is 1. The van der Waals surface area contributed by atoms with E-state index in [9.17, 15) is 14.4 Å². The topological polar surface area (TPSA) is 63.7 Å². The predicted molar refractivity (Wildman–Crippen MR) is 82.6 cm³/mol. The molecular formula is C17H21NO4. The molecule has 22 heavy (non-hydrogen) atoms. The van der Waals surface area contributed by atoms with Gasteiger partial charge in [-0.3, -0.25) is 14.4 Å². The molecule has 0 spiro atoms. The van der Waals surface area contributed by atoms with Gasteiger partial charge in [-0.25, -0.2) is 0 Å². The fraction of sp³-hybridized carbons (Fsp3) is 0.471. The highest BCUT2D eigenvalue weighted by Gasteiger charge is 2.41. The van der Waals surface area contributed by atoms with Crippen LogP contribution >= 0.6 is 0 Å². The first-order valence-electron chi connectivity index (χ1n) is 7.28. The summed E-state index contributed by atoms with van der Waals surface area (Å²) in [6.45, 7) is 6.63. The van der Waals surface area contributed by atoms with Crippen molar-refractivity contribution in [2.75, 3.05) is 18.6 Å². The maximum absolute atomic E-state index is 12.4. The summed E-state index contributed by atoms with van der Waals surface area (Å²) in [4.78, 5) is 37.4. The summed E-state index contributed by atoms with van der Waals surface area (Å²) >= 11 is 0. The molecular weight excluding hydrogens is 282 g/mol. The maximum Gasteiger partial charge on any atom is 0.325 e. The number of piperidine rings is 1. The van der Waals surface area contributed by atoms with E-state index in [1.165, 1.54) is 12.0 Å². The molecule has 118 valence electrons. The number of nitrogens with zero attached hydrogens (tertiary/aromatic N) is 1. The Labute approximate surface area is 130 Å². The number of rotatable bonds is 2. The van der Waals surface area contributed by atoms with Gasteiger partial charge in [-0.1, -0.05) is 32.9 Å². The summed E-state index contributed by atoms with van der Waals surface area (Å²) < 4.78 is 4.57. The Morgan fingerprint density at radius 3 is 2.27 bits per heavy atom. The smallest absolute Gasteiger partial charge is 0.325 e. The summed E-state index contributed by atoms with van der Waals surface area (Å²) in [5, 5.41) is 0. The molecule has 1 aliphatic rings. The van der Waals surface area contributed by atoms with Crippen molar-refractivity contribution in [3.05, 3.63) is 29.8 Å². The molecule has 1 aliphatic heterocycles. The number of benzene rings is 1. The first-order chi connectivity index (χ1) is 10.3. The van der Waals surface area contributed by atoms with Crippen LogP contribution in [0.1, 0.15) is 32.8 Å². The van der Waals surface area contributed by atoms with Crippen LogP contribution in [0.3, 0.4) is 0 Å². The van der Waals surface area contributed by atoms with Crippen LogP contribution in [0.25, 0.3) is 0 Å². The zero-order chi connectivity index (χ0) is 16.5. The molecule has 5 nitrogen and oxygen atoms in total. The van der Waals surface area contributed by atoms with E-state index in [1.54, 1.807) is 0 Å². The number of ketones is 1. The highest BCUT2D eigenvalue weighted by Crippen LogP contribution is 2.27. The van der Waals surface area contributed by atoms with Crippen molar-refractivity contribution in [1.29, 1.82) is 0 Å². The molecule has 1 amide bonds. The van der Waals surface area contributed by atoms with Gasteiger partial charge in [-0.05, 0) is 23.1 Å². The molecule has 1 unspecified atom stereocenters. The van der Waals surface area contributed by atoms with Crippen LogP contribution in [0.5, 0.6) is 0 Å². The van der Waals surface area contributed by atoms with E-state index in [2.05, 4.69) is 25.5 Å². The van der Waals surface area contributed by atoms with Crippen LogP contribution in [0.15, 0.2) is 24.3 Å². The number of hydrogen-bond donors (Lipinski definition) is 0. The molecule has 0 aromatic heterocycles. The van der Waals surface area contributed by atoms with Crippen molar-refractivity contribution < 1.29 is 19.1 Å². The van der Waals surface area contributed by atoms with Gasteiger partial charge < -0.3 is 9.64 Å². The minimum Gasteiger partial charge on any atom is -0.468 e. The van der Waals surface area contributed by atoms with Gasteiger partial charge >= 0.3 is 5.97 Å². The summed E-state index contributed by atoms with van der Waals surface area (Å²) in [5.41, 5.74) is 1.87. The lowest BCUT2D eigenvalue weighted by Crippen LogP contribution is -2.49. The minimum atomic E-state index is -1.33. The summed E-state index contributed by atoms with van der Waals surface area (Å²) in [6, 6.07) is 7.63. The van der Waals surface area contributed by atoms with Crippen LogP contribution < -0.4 is 4.90 Å². The predicted octanol–water partition coefficient (Wildman–Crippen LogP) is 2.08. The second-order valence-corrected chi connectivity index (χ2v) is 6.46. The standard InChI is InChI=1S/C17H21NO4/c1-17(2,3)11-5-7-12(8-6-11)18-10-9-13(19)14(15(18)20)16(21)22-4/h5-8,14H,9-10H2,1-4H3. The van der Waals surface area contributed by atoms with Gasteiger partial charge in [0.1, 0.15) is 0 Å². The Morgan fingerprint density at radius 1 is 1.18 bits per heavy atom. The lowest BCUT2D eigenvalue weighted by Gasteiger charge is -2.30. The van der Waals surface area contributed by atoms with Crippen molar-refractivity contribution in [3.8, 4) is 0 Å². The highest BCUT2D eigenvalue weighted by molar-refractivity contribution is 6.22. The Bertz CT molecular complexity index is 590. The number of esters is 1. The third-order valence-corrected chi connectivity index (χ3v) is 3.90. The Balaban J connectivity index is 2.27. The maximum atomic E-state index is 12.4. The number of carbonyl (C=O) groups is 3. The van der Waals surface area contributed by atoms with E-state index >= 15 is 0 Å². The zero-order valence-corrected chi connectivity index (χ0v) is 13.4. The van der Waals surface area contributed by atoms with E-state index in [4.69, 9.17) is 0 Å². The molecule has 0 bridgehead atoms. The van der Waals surface area contributed by atoms with Gasteiger partial charge in [0.15, 0.2) is 11.7 Å². The van der Waals surface area contributed by atoms with Gasteiger partial charge in [0.05, 0.1) is 7.11 Å². The van der Waals surface area contributed by atoms with Gasteiger partial charge in [0, 0.05) is 18.7 Å². The summed E-state index contributed by atoms with van der Waals surface area (Å²) in [6.07, 6.45) is 0.159. The third kappa shape index (κ3) is 3.03. The van der Waals surface area contributed by atoms with Crippen LogP contribution in [-0.4, -0.2) is 31.3 Å². The fourth-order valence-electron chi connectivity index (χ4n) is 2.52. The molecule has 1 heterocycles. The number of methoxy groups -OCH3 is 1. The Hall–Kier alpha value is -2.17. The van der Waals surface area contributed by atoms with Crippen molar-refractivity contribution in [2.45, 2.75) is 32.6 Å². The molecule has 1 atom stereocenters. The van der Waals surface area contributed by atoms with Crippen LogP contribution in [-0.2, 0) is 24.5 Å². The molecule has 0 saturated carbocycles. The van der Waals surface area contributed by atoms with Crippen molar-refractivity contribution in [2.24, 2.45) is 5.92 Å². The molecule has 1 saturated heterocycles. The first-order valence-corrected chi connectivity index (χ1v) is 7.28. The number of hydrogen-bond acceptors (Lipinski definition) is 4. The first kappa shape index (κ1) is 16.2. The zero-order valence-electron chi connectivity index (χ0n) is 13.4. The summed E-state index contributed by atoms with van der Waals surface area (Å²) in [5.74, 6) is -3.00. The Morgan fingerprint density at radius 2 is 1.77 bits per heavy atom. The Kier molecular flexibility index (Phi) is 4.35. The van der Waals surface area contributed by atoms with Crippen molar-refractivity contribution in [3.63, 3.8) is 0 Å². The summed E-state index contributed by atoms with van der Waals surface area (Å²) in [7, 11) is 1.18. The third-order valence-electron chi connectivity index (χ3n) is 3.90. The van der Waals surface area contributed by atoms with Gasteiger partial charge in [0.25, 0.3) is 0 Å². The normalized spacial score (nSPS) is 19.3. The van der Waals surface area contributed by atoms with Crippen molar-refractivity contribution >= 4 is 23.3 Å². The van der Waals surface area contributed by atoms with Gasteiger partial charge in [0.2, 0.25) is 5.91 Å². The molecule has 1 fully saturated rings. The fourth-order valence-corrected chi connectivity index (χ4v) is 2.52. The monoisotopic (exact) mass is 303 g/mol. The van der Waals surface area contributed by atoms with Crippen LogP contribution in [0, 0.1) is 5.92 Å². The van der Waals surface area contributed by atoms with Crippen LogP contribution in [0.4, 0.5) is 5.69 Å². The lowest BCUT2D eigenvalue weighted by molar-refractivity contribution is -0.153. The molecule has 2 rings (SSSR count). The average Bonchev–Trinajstić information content (AvgIpc) is 2.46. The van der Waals surface area contributed by atoms with Gasteiger partial charge in [-0.2, -0.15) is 0 Å². The SMILES string of the molecule is COC(=O)C1C(=O)CCN(c2ccc(C(C)(C)C)cc2)C1=O. The molecule has 0 aliphatic carbocycles. The highest BCUT2D eigenvalue weighted by atomic mass is 16.5. The molecule has 1 aromatic carbocycles. The van der Waals surface area contributed by atoms with Gasteiger partial charge in [-0.15, -0.1) is 0 Å². The average molecular weight is 303 g/mol. The molecule has 1 aromatic rings. The molecule has 0 N–H and O–H groups in total. The molecule has 5 heteroatoms. The van der Waals surface area contributed by atoms with E-state index in [1.807, 2.05) is 24.3 Å². The number of Topliss-reactive ketones (excluding diaryl/α,β-unsaturated/α-hetero) is 1. The van der Waals surface area contributed by atoms with Crippen molar-refractivity contribution in [1.82, 2.24) is 0 Å². The quantitative estimate of drug-likeness (QED) is 0.620. The van der Waals surface area contributed by atoms with E-state index in [0.29, 0.717) is 12.2 Å². The number of ether oxygens (including phenoxy) is 1. The second-order valence-electron chi connectivity index (χ2n) is 6.46. The van der Waals surface area contributed by atoms with E-state index in [0.717, 1.165) is 5.56 Å². The van der Waals surface area contributed by atoms with Crippen LogP contribution in [0.2, 0.25) is 0 Å². The van der Waals surface area contributed by atoms with E-state index in [-0.39, 0.29) is 17.6 Å².